The Morgan fingerprint density at radius 1 is 1.04 bits per heavy atom. The van der Waals surface area contributed by atoms with Crippen LogP contribution in [0.4, 0.5) is 0 Å². The molecule has 3 amide bonds. The minimum absolute atomic E-state index is 0. The van der Waals surface area contributed by atoms with Crippen LogP contribution in [0.25, 0.3) is 0 Å². The molecule has 54 heavy (non-hydrogen) atoms. The number of unbranched alkanes of at least 4 members (excludes halogenated alkanes) is 2. The molecule has 5 rings (SSSR count). The number of rotatable bonds is 16. The number of esters is 1. The van der Waals surface area contributed by atoms with Crippen LogP contribution in [-0.2, 0) is 46.6 Å². The van der Waals surface area contributed by atoms with Crippen molar-refractivity contribution in [3.05, 3.63) is 65.2 Å². The number of hydrogen-bond donors (Lipinski definition) is 3. The molecule has 0 unspecified atom stereocenters. The molecule has 6 atom stereocenters. The van der Waals surface area contributed by atoms with E-state index in [0.29, 0.717) is 31.6 Å². The van der Waals surface area contributed by atoms with Crippen molar-refractivity contribution in [2.75, 3.05) is 13.7 Å². The van der Waals surface area contributed by atoms with Gasteiger partial charge in [0.25, 0.3) is 5.91 Å². The molecule has 12 heteroatoms. The first-order valence-electron chi connectivity index (χ1n) is 18.6. The number of hydroxylamine groups is 2. The molecule has 2 heterocycles. The molecule has 1 saturated carbocycles. The Morgan fingerprint density at radius 3 is 2.43 bits per heavy atom. The zero-order valence-electron chi connectivity index (χ0n) is 31.7. The van der Waals surface area contributed by atoms with E-state index < -0.39 is 47.7 Å². The normalized spacial score (nSPS) is 24.2. The fourth-order valence-electron chi connectivity index (χ4n) is 7.07. The summed E-state index contributed by atoms with van der Waals surface area (Å²) in [6.07, 6.45) is 0.762. The largest absolute Gasteiger partial charge is 0.497 e. The van der Waals surface area contributed by atoms with Gasteiger partial charge in [-0.05, 0) is 68.9 Å². The number of methoxy groups -OCH3 is 1. The summed E-state index contributed by atoms with van der Waals surface area (Å²) in [6.45, 7) is 10.6. The van der Waals surface area contributed by atoms with E-state index in [2.05, 4.69) is 22.5 Å². The Bertz CT molecular complexity index is 1690. The van der Waals surface area contributed by atoms with Gasteiger partial charge in [0.05, 0.1) is 25.7 Å². The number of fused-ring (bicyclic) bond motifs is 2. The second-order valence-corrected chi connectivity index (χ2v) is 15.7. The van der Waals surface area contributed by atoms with E-state index in [-0.39, 0.29) is 62.9 Å². The average Bonchev–Trinajstić information content (AvgIpc) is 3.80. The SMILES string of the molecule is C.COc1ccc(CNC(=O)[C@@H]2[C@@H]3[C@H](OC(=O)CC(C)C)[C@H]4O[C@H]4C[C@]3(C(=O)NCCCCCC(N)=O)ON2Cc2ccccc2C#CC(C)(C)C)cc1. The second kappa shape index (κ2) is 18.3. The minimum atomic E-state index is -1.58. The second-order valence-electron chi connectivity index (χ2n) is 15.7. The molecule has 0 aromatic heterocycles. The molecule has 0 spiro atoms. The number of nitrogens with one attached hydrogen (secondary N) is 2. The van der Waals surface area contributed by atoms with E-state index in [1.165, 1.54) is 0 Å². The van der Waals surface area contributed by atoms with Crippen LogP contribution in [0.15, 0.2) is 48.5 Å². The zero-order chi connectivity index (χ0) is 38.3. The van der Waals surface area contributed by atoms with Crippen LogP contribution in [0, 0.1) is 29.1 Å². The summed E-state index contributed by atoms with van der Waals surface area (Å²) in [7, 11) is 1.59. The number of nitrogens with zero attached hydrogens (tertiary/aromatic N) is 1. The maximum absolute atomic E-state index is 14.6. The smallest absolute Gasteiger partial charge is 0.306 e. The van der Waals surface area contributed by atoms with Gasteiger partial charge in [-0.2, -0.15) is 5.06 Å². The summed E-state index contributed by atoms with van der Waals surface area (Å²) >= 11 is 0. The van der Waals surface area contributed by atoms with E-state index in [1.54, 1.807) is 12.2 Å². The molecule has 4 N–H and O–H groups in total. The number of carbonyl (C=O) groups excluding carboxylic acids is 4. The third-order valence-corrected chi connectivity index (χ3v) is 9.70. The lowest BCUT2D eigenvalue weighted by Gasteiger charge is -2.39. The van der Waals surface area contributed by atoms with Crippen molar-refractivity contribution >= 4 is 23.7 Å². The standard InChI is InChI=1S/C41H54N4O8.CH4/c1-26(2)22-33(47)52-37-34-35(38(48)44-24-27-15-17-30(50-6)18-16-27)45(25-29-13-10-9-12-28(29)19-20-40(3,4)5)53-41(34,23-31-36(37)51-31)39(49)43-21-11-7-8-14-32(42)46;/h9-10,12-13,15-18,26,31,34-37H,7-8,11,14,21-25H2,1-6H3,(H2,42,46)(H,43,49)(H,44,48);1H4/t31-,34+,35-,36-,37-,41-;/m0./s1. The third-order valence-electron chi connectivity index (χ3n) is 9.70. The van der Waals surface area contributed by atoms with Crippen LogP contribution >= 0.6 is 0 Å². The Kier molecular flexibility index (Phi) is 14.3. The predicted octanol–water partition coefficient (Wildman–Crippen LogP) is 4.81. The summed E-state index contributed by atoms with van der Waals surface area (Å²) in [5, 5.41) is 7.69. The molecule has 2 saturated heterocycles. The van der Waals surface area contributed by atoms with E-state index in [9.17, 15) is 19.2 Å². The fraction of sp³-hybridized carbons (Fsp3) is 0.571. The molecule has 2 aromatic carbocycles. The third kappa shape index (κ3) is 10.6. The Balaban J connectivity index is 0.00000650. The molecule has 2 aliphatic heterocycles. The maximum atomic E-state index is 14.6. The zero-order valence-corrected chi connectivity index (χ0v) is 31.7. The van der Waals surface area contributed by atoms with E-state index in [4.69, 9.17) is 24.8 Å². The van der Waals surface area contributed by atoms with Gasteiger partial charge in [-0.15, -0.1) is 0 Å². The Labute approximate surface area is 320 Å². The van der Waals surface area contributed by atoms with Crippen LogP contribution < -0.4 is 21.1 Å². The Hall–Kier alpha value is -4.44. The molecule has 2 aromatic rings. The summed E-state index contributed by atoms with van der Waals surface area (Å²) in [5.41, 5.74) is 5.91. The van der Waals surface area contributed by atoms with Crippen molar-refractivity contribution in [2.45, 2.75) is 124 Å². The van der Waals surface area contributed by atoms with Crippen molar-refractivity contribution < 1.29 is 38.2 Å². The topological polar surface area (TPSA) is 162 Å². The van der Waals surface area contributed by atoms with Gasteiger partial charge >= 0.3 is 5.97 Å². The van der Waals surface area contributed by atoms with E-state index in [1.807, 2.05) is 83.1 Å². The number of ether oxygens (including phenoxy) is 3. The molecule has 294 valence electrons. The monoisotopic (exact) mass is 746 g/mol. The van der Waals surface area contributed by atoms with Crippen molar-refractivity contribution in [2.24, 2.45) is 23.0 Å². The lowest BCUT2D eigenvalue weighted by molar-refractivity contribution is -0.220. The number of epoxide rings is 1. The van der Waals surface area contributed by atoms with Crippen molar-refractivity contribution in [1.82, 2.24) is 15.7 Å². The number of amides is 3. The predicted molar refractivity (Wildman–Crippen MR) is 204 cm³/mol. The molecular weight excluding hydrogens is 688 g/mol. The van der Waals surface area contributed by atoms with Crippen LogP contribution in [0.5, 0.6) is 5.75 Å². The number of primary amides is 1. The number of nitrogens with two attached hydrogens (primary N) is 1. The first-order chi connectivity index (χ1) is 25.2. The first kappa shape index (κ1) is 42.3. The Morgan fingerprint density at radius 2 is 1.76 bits per heavy atom. The molecule has 0 bridgehead atoms. The molecule has 12 nitrogen and oxygen atoms in total. The quantitative estimate of drug-likeness (QED) is 0.0948. The van der Waals surface area contributed by atoms with Gasteiger partial charge in [-0.25, -0.2) is 0 Å². The molecule has 1 aliphatic carbocycles. The number of carbonyl (C=O) groups is 4. The van der Waals surface area contributed by atoms with Crippen molar-refractivity contribution in [3.63, 3.8) is 0 Å². The van der Waals surface area contributed by atoms with Crippen LogP contribution in [0.2, 0.25) is 0 Å². The van der Waals surface area contributed by atoms with Crippen molar-refractivity contribution in [1.29, 1.82) is 0 Å². The molecule has 3 fully saturated rings. The highest BCUT2D eigenvalue weighted by atomic mass is 16.7. The van der Waals surface area contributed by atoms with Gasteiger partial charge in [0.1, 0.15) is 24.0 Å². The molecule has 3 aliphatic rings. The van der Waals surface area contributed by atoms with Gasteiger partial charge in [0.15, 0.2) is 5.60 Å². The highest BCUT2D eigenvalue weighted by molar-refractivity contribution is 5.90. The van der Waals surface area contributed by atoms with Gasteiger partial charge in [-0.1, -0.05) is 69.9 Å². The van der Waals surface area contributed by atoms with Crippen LogP contribution in [0.1, 0.15) is 97.3 Å². The van der Waals surface area contributed by atoms with Crippen LogP contribution in [0.3, 0.4) is 0 Å². The molecule has 0 radical (unpaired) electrons. The van der Waals surface area contributed by atoms with Gasteiger partial charge in [0, 0.05) is 43.3 Å². The lowest BCUT2D eigenvalue weighted by Crippen LogP contribution is -2.62. The van der Waals surface area contributed by atoms with Crippen LogP contribution in [-0.4, -0.2) is 72.4 Å². The highest BCUT2D eigenvalue weighted by Gasteiger charge is 2.73. The van der Waals surface area contributed by atoms with E-state index in [0.717, 1.165) is 16.7 Å². The summed E-state index contributed by atoms with van der Waals surface area (Å²) < 4.78 is 17.5. The van der Waals surface area contributed by atoms with Gasteiger partial charge in [-0.3, -0.25) is 24.0 Å². The minimum Gasteiger partial charge on any atom is -0.497 e. The van der Waals surface area contributed by atoms with Gasteiger partial charge in [0.2, 0.25) is 11.8 Å². The first-order valence-corrected chi connectivity index (χ1v) is 18.6. The maximum Gasteiger partial charge on any atom is 0.306 e. The summed E-state index contributed by atoms with van der Waals surface area (Å²) in [6, 6.07) is 14.0. The van der Waals surface area contributed by atoms with Crippen molar-refractivity contribution in [3.8, 4) is 17.6 Å². The average molecular weight is 747 g/mol. The lowest BCUT2D eigenvalue weighted by atomic mass is 9.70. The highest BCUT2D eigenvalue weighted by Crippen LogP contribution is 2.54. The number of hydrogen-bond acceptors (Lipinski definition) is 9. The number of benzene rings is 2. The fourth-order valence-corrected chi connectivity index (χ4v) is 7.07. The summed E-state index contributed by atoms with van der Waals surface area (Å²) in [5.74, 6) is 4.85. The van der Waals surface area contributed by atoms with E-state index >= 15 is 0 Å². The molecular formula is C42H58N4O8. The summed E-state index contributed by atoms with van der Waals surface area (Å²) in [4.78, 5) is 60.4. The van der Waals surface area contributed by atoms with Gasteiger partial charge < -0.3 is 30.6 Å².